The van der Waals surface area contributed by atoms with E-state index in [0.29, 0.717) is 5.54 Å². The Morgan fingerprint density at radius 2 is 1.58 bits per heavy atom. The maximum Gasteiger partial charge on any atom is 0.0439 e. The van der Waals surface area contributed by atoms with Crippen LogP contribution in [0.1, 0.15) is 55.5 Å². The number of rotatable bonds is 2. The molecule has 1 atom stereocenters. The lowest BCUT2D eigenvalue weighted by atomic mass is 9.78. The fraction of sp³-hybridized carbons (Fsp3) is 0.391. The summed E-state index contributed by atoms with van der Waals surface area (Å²) in [6, 6.07) is 13.5. The standard InChI is InChI=1S/C23H30Si/c1-15-13-18-19(22(15)24(6)7)14-20(23(3,4)5)16(2)21(18)17-11-9-8-10-12-17/h8-14,22,24H,1-7H3. The predicted octanol–water partition coefficient (Wildman–Crippen LogP) is 6.49. The van der Waals surface area contributed by atoms with Crippen molar-refractivity contribution in [2.75, 3.05) is 0 Å². The maximum atomic E-state index is 2.53. The van der Waals surface area contributed by atoms with Gasteiger partial charge in [-0.1, -0.05) is 81.9 Å². The van der Waals surface area contributed by atoms with Gasteiger partial charge in [-0.3, -0.25) is 0 Å². The summed E-state index contributed by atoms with van der Waals surface area (Å²) in [4.78, 5) is 0. The highest BCUT2D eigenvalue weighted by atomic mass is 28.3. The Labute approximate surface area is 149 Å². The third-order valence-electron chi connectivity index (χ3n) is 5.39. The molecule has 0 fully saturated rings. The van der Waals surface area contributed by atoms with Crippen LogP contribution < -0.4 is 0 Å². The second-order valence-electron chi connectivity index (χ2n) is 8.65. The summed E-state index contributed by atoms with van der Waals surface area (Å²) in [5.74, 6) is 0. The van der Waals surface area contributed by atoms with E-state index in [9.17, 15) is 0 Å². The van der Waals surface area contributed by atoms with E-state index in [1.165, 1.54) is 27.8 Å². The van der Waals surface area contributed by atoms with Crippen LogP contribution in [0.4, 0.5) is 0 Å². The average molecular weight is 335 g/mol. The first-order chi connectivity index (χ1) is 11.2. The second-order valence-corrected chi connectivity index (χ2v) is 11.8. The Bertz CT molecular complexity index is 789. The molecule has 0 saturated heterocycles. The molecule has 1 unspecified atom stereocenters. The zero-order valence-electron chi connectivity index (χ0n) is 16.2. The summed E-state index contributed by atoms with van der Waals surface area (Å²) in [6.45, 7) is 16.6. The van der Waals surface area contributed by atoms with Crippen molar-refractivity contribution < 1.29 is 0 Å². The monoisotopic (exact) mass is 334 g/mol. The Morgan fingerprint density at radius 3 is 2.12 bits per heavy atom. The van der Waals surface area contributed by atoms with Crippen molar-refractivity contribution in [1.82, 2.24) is 0 Å². The summed E-state index contributed by atoms with van der Waals surface area (Å²) >= 11 is 0. The van der Waals surface area contributed by atoms with Gasteiger partial charge in [-0.05, 0) is 58.2 Å². The summed E-state index contributed by atoms with van der Waals surface area (Å²) < 4.78 is 0. The highest BCUT2D eigenvalue weighted by Crippen LogP contribution is 2.46. The van der Waals surface area contributed by atoms with Gasteiger partial charge in [-0.15, -0.1) is 0 Å². The third kappa shape index (κ3) is 2.80. The normalized spacial score (nSPS) is 17.2. The number of allylic oxidation sites excluding steroid dienone is 1. The van der Waals surface area contributed by atoms with Gasteiger partial charge in [0.2, 0.25) is 0 Å². The molecule has 3 rings (SSSR count). The molecule has 0 N–H and O–H groups in total. The predicted molar refractivity (Wildman–Crippen MR) is 111 cm³/mol. The highest BCUT2D eigenvalue weighted by molar-refractivity contribution is 6.58. The molecule has 0 spiro atoms. The Hall–Kier alpha value is -1.60. The topological polar surface area (TPSA) is 0 Å². The molecule has 0 nitrogen and oxygen atoms in total. The number of hydrogen-bond acceptors (Lipinski definition) is 0. The molecule has 126 valence electrons. The minimum Gasteiger partial charge on any atom is -0.0714 e. The van der Waals surface area contributed by atoms with Gasteiger partial charge in [0.1, 0.15) is 0 Å². The van der Waals surface area contributed by atoms with Gasteiger partial charge in [-0.25, -0.2) is 0 Å². The minimum absolute atomic E-state index is 0.169. The van der Waals surface area contributed by atoms with Gasteiger partial charge in [0, 0.05) is 8.80 Å². The van der Waals surface area contributed by atoms with Crippen LogP contribution in [0.5, 0.6) is 0 Å². The molecule has 2 aromatic carbocycles. The fourth-order valence-corrected chi connectivity index (χ4v) is 6.58. The van der Waals surface area contributed by atoms with E-state index in [1.807, 2.05) is 0 Å². The Balaban J connectivity index is 2.37. The molecule has 2 aromatic rings. The van der Waals surface area contributed by atoms with Crippen LogP contribution in [0, 0.1) is 6.92 Å². The van der Waals surface area contributed by atoms with Crippen molar-refractivity contribution in [2.45, 2.75) is 58.7 Å². The van der Waals surface area contributed by atoms with Gasteiger partial charge in [0.15, 0.2) is 0 Å². The van der Waals surface area contributed by atoms with Crippen molar-refractivity contribution in [3.63, 3.8) is 0 Å². The van der Waals surface area contributed by atoms with Gasteiger partial charge in [0.05, 0.1) is 0 Å². The second kappa shape index (κ2) is 6.04. The van der Waals surface area contributed by atoms with Gasteiger partial charge < -0.3 is 0 Å². The molecule has 24 heavy (non-hydrogen) atoms. The summed E-state index contributed by atoms with van der Waals surface area (Å²) in [5.41, 5.74) is 11.2. The molecule has 0 amide bonds. The van der Waals surface area contributed by atoms with Crippen molar-refractivity contribution in [3.05, 3.63) is 64.2 Å². The highest BCUT2D eigenvalue weighted by Gasteiger charge is 2.31. The lowest BCUT2D eigenvalue weighted by molar-refractivity contribution is 0.585. The Kier molecular flexibility index (Phi) is 4.33. The van der Waals surface area contributed by atoms with Crippen molar-refractivity contribution >= 4 is 14.9 Å². The first-order valence-corrected chi connectivity index (χ1v) is 12.1. The summed E-state index contributed by atoms with van der Waals surface area (Å²) in [5, 5.41) is 0. The maximum absolute atomic E-state index is 2.53. The first-order valence-electron chi connectivity index (χ1n) is 9.13. The van der Waals surface area contributed by atoms with Gasteiger partial charge in [-0.2, -0.15) is 0 Å². The molecule has 1 heteroatoms. The third-order valence-corrected chi connectivity index (χ3v) is 7.61. The van der Waals surface area contributed by atoms with Crippen LogP contribution in [0.3, 0.4) is 0 Å². The van der Waals surface area contributed by atoms with Crippen molar-refractivity contribution in [2.24, 2.45) is 0 Å². The van der Waals surface area contributed by atoms with Crippen molar-refractivity contribution in [3.8, 4) is 11.1 Å². The van der Waals surface area contributed by atoms with E-state index in [0.717, 1.165) is 0 Å². The molecule has 1 aliphatic carbocycles. The lowest BCUT2D eigenvalue weighted by Crippen LogP contribution is -2.19. The summed E-state index contributed by atoms with van der Waals surface area (Å²) in [6.07, 6.45) is 2.47. The van der Waals surface area contributed by atoms with E-state index in [1.54, 1.807) is 11.1 Å². The van der Waals surface area contributed by atoms with Crippen LogP contribution in [0.25, 0.3) is 17.2 Å². The largest absolute Gasteiger partial charge is 0.0714 e. The molecular formula is C23H30Si. The molecule has 0 radical (unpaired) electrons. The first kappa shape index (κ1) is 17.2. The van der Waals surface area contributed by atoms with Gasteiger partial charge in [0.25, 0.3) is 0 Å². The molecule has 0 bridgehead atoms. The molecular weight excluding hydrogens is 304 g/mol. The zero-order chi connectivity index (χ0) is 17.6. The average Bonchev–Trinajstić information content (AvgIpc) is 2.82. The molecule has 0 heterocycles. The smallest absolute Gasteiger partial charge is 0.0439 e. The van der Waals surface area contributed by atoms with E-state index in [4.69, 9.17) is 0 Å². The van der Waals surface area contributed by atoms with Crippen LogP contribution in [-0.4, -0.2) is 8.80 Å². The van der Waals surface area contributed by atoms with Crippen LogP contribution in [0.2, 0.25) is 13.1 Å². The number of fused-ring (bicyclic) bond motifs is 1. The van der Waals surface area contributed by atoms with Gasteiger partial charge >= 0.3 is 0 Å². The molecule has 0 aromatic heterocycles. The SMILES string of the molecule is CC1=Cc2c(cc(C(C)(C)C)c(C)c2-c2ccccc2)C1[SiH](C)C. The number of hydrogen-bond donors (Lipinski definition) is 0. The van der Waals surface area contributed by atoms with E-state index >= 15 is 0 Å². The van der Waals surface area contributed by atoms with Crippen LogP contribution in [-0.2, 0) is 5.41 Å². The Morgan fingerprint density at radius 1 is 0.958 bits per heavy atom. The van der Waals surface area contributed by atoms with E-state index in [2.05, 4.69) is 90.2 Å². The summed E-state index contributed by atoms with van der Waals surface area (Å²) in [7, 11) is -0.791. The zero-order valence-corrected chi connectivity index (χ0v) is 17.4. The minimum atomic E-state index is -0.791. The van der Waals surface area contributed by atoms with E-state index in [-0.39, 0.29) is 5.41 Å². The van der Waals surface area contributed by atoms with Crippen molar-refractivity contribution in [1.29, 1.82) is 0 Å². The van der Waals surface area contributed by atoms with Crippen LogP contribution >= 0.6 is 0 Å². The quantitative estimate of drug-likeness (QED) is 0.551. The molecule has 1 aliphatic rings. The number of benzene rings is 2. The van der Waals surface area contributed by atoms with E-state index < -0.39 is 8.80 Å². The van der Waals surface area contributed by atoms with Crippen LogP contribution in [0.15, 0.2) is 42.0 Å². The molecule has 0 aliphatic heterocycles. The fourth-order valence-electron chi connectivity index (χ4n) is 4.44. The molecule has 0 saturated carbocycles. The lowest BCUT2D eigenvalue weighted by Gasteiger charge is -2.28.